The summed E-state index contributed by atoms with van der Waals surface area (Å²) in [4.78, 5) is 0. The molecule has 0 fully saturated rings. The van der Waals surface area contributed by atoms with Gasteiger partial charge in [-0.15, -0.1) is 0 Å². The van der Waals surface area contributed by atoms with Gasteiger partial charge in [0.05, 0.1) is 6.04 Å². The standard InChI is InChI=1S/C21H20BrNO2/c1-11-6-12(2)20-13-4-3-5-14(13)21(23-17(20)7-11)15-8-18-19(9-16(15)22)25-10-24-18/h3-4,6-9,13-14,21,23H,5,10H2,1-2H3/t13-,14-,21+/m1/s1. The lowest BCUT2D eigenvalue weighted by Gasteiger charge is -2.39. The van der Waals surface area contributed by atoms with Gasteiger partial charge in [0.15, 0.2) is 11.5 Å². The van der Waals surface area contributed by atoms with Crippen LogP contribution in [0.25, 0.3) is 0 Å². The Morgan fingerprint density at radius 1 is 1.08 bits per heavy atom. The third-order valence-electron chi connectivity index (χ3n) is 5.64. The number of benzene rings is 2. The topological polar surface area (TPSA) is 30.5 Å². The van der Waals surface area contributed by atoms with Crippen molar-refractivity contribution in [3.8, 4) is 11.5 Å². The first-order valence-electron chi connectivity index (χ1n) is 8.75. The summed E-state index contributed by atoms with van der Waals surface area (Å²) in [6.45, 7) is 4.70. The van der Waals surface area contributed by atoms with Crippen LogP contribution >= 0.6 is 15.9 Å². The molecule has 0 saturated carbocycles. The number of hydrogen-bond acceptors (Lipinski definition) is 3. The van der Waals surface area contributed by atoms with Crippen LogP contribution in [-0.2, 0) is 0 Å². The van der Waals surface area contributed by atoms with Gasteiger partial charge in [0, 0.05) is 16.1 Å². The quantitative estimate of drug-likeness (QED) is 0.633. The average Bonchev–Trinajstić information content (AvgIpc) is 3.21. The van der Waals surface area contributed by atoms with Crippen molar-refractivity contribution in [2.24, 2.45) is 5.92 Å². The van der Waals surface area contributed by atoms with Crippen molar-refractivity contribution >= 4 is 21.6 Å². The molecule has 3 atom stereocenters. The fourth-order valence-electron chi connectivity index (χ4n) is 4.62. The zero-order valence-electron chi connectivity index (χ0n) is 14.3. The number of aryl methyl sites for hydroxylation is 2. The minimum atomic E-state index is 0.248. The first kappa shape index (κ1) is 15.3. The lowest BCUT2D eigenvalue weighted by molar-refractivity contribution is 0.174. The predicted molar refractivity (Wildman–Crippen MR) is 103 cm³/mol. The van der Waals surface area contributed by atoms with Gasteiger partial charge in [0.25, 0.3) is 0 Å². The molecule has 0 spiro atoms. The number of ether oxygens (including phenoxy) is 2. The summed E-state index contributed by atoms with van der Waals surface area (Å²) in [5.41, 5.74) is 6.64. The van der Waals surface area contributed by atoms with Crippen LogP contribution in [0.4, 0.5) is 5.69 Å². The molecule has 0 saturated heterocycles. The number of nitrogens with one attached hydrogen (secondary N) is 1. The van der Waals surface area contributed by atoms with Crippen LogP contribution in [0.5, 0.6) is 11.5 Å². The van der Waals surface area contributed by atoms with Crippen molar-refractivity contribution in [1.82, 2.24) is 0 Å². The van der Waals surface area contributed by atoms with Gasteiger partial charge in [-0.2, -0.15) is 0 Å². The molecule has 0 radical (unpaired) electrons. The van der Waals surface area contributed by atoms with E-state index in [1.165, 1.54) is 27.9 Å². The molecule has 3 aliphatic rings. The van der Waals surface area contributed by atoms with Gasteiger partial charge in [-0.05, 0) is 66.6 Å². The molecular weight excluding hydrogens is 378 g/mol. The summed E-state index contributed by atoms with van der Waals surface area (Å²) in [7, 11) is 0. The highest BCUT2D eigenvalue weighted by molar-refractivity contribution is 9.10. The van der Waals surface area contributed by atoms with Crippen molar-refractivity contribution < 1.29 is 9.47 Å². The summed E-state index contributed by atoms with van der Waals surface area (Å²) in [5, 5.41) is 3.83. The van der Waals surface area contributed by atoms with Crippen LogP contribution in [0, 0.1) is 19.8 Å². The molecule has 25 heavy (non-hydrogen) atoms. The molecule has 0 bridgehead atoms. The zero-order valence-corrected chi connectivity index (χ0v) is 15.9. The number of hydrogen-bond donors (Lipinski definition) is 1. The molecule has 2 heterocycles. The molecule has 0 amide bonds. The molecule has 2 aromatic carbocycles. The van der Waals surface area contributed by atoms with Crippen LogP contribution in [0.3, 0.4) is 0 Å². The molecule has 5 rings (SSSR count). The maximum atomic E-state index is 5.62. The maximum Gasteiger partial charge on any atom is 0.231 e. The van der Waals surface area contributed by atoms with Crippen LogP contribution in [0.2, 0.25) is 0 Å². The van der Waals surface area contributed by atoms with E-state index in [0.29, 0.717) is 18.6 Å². The summed E-state index contributed by atoms with van der Waals surface area (Å²) in [6, 6.07) is 8.98. The summed E-state index contributed by atoms with van der Waals surface area (Å²) in [6.07, 6.45) is 5.82. The van der Waals surface area contributed by atoms with Gasteiger partial charge >= 0.3 is 0 Å². The van der Waals surface area contributed by atoms with E-state index in [-0.39, 0.29) is 6.04 Å². The Morgan fingerprint density at radius 3 is 2.72 bits per heavy atom. The van der Waals surface area contributed by atoms with E-state index in [1.54, 1.807) is 0 Å². The normalized spacial score (nSPS) is 25.5. The van der Waals surface area contributed by atoms with Gasteiger partial charge in [0.2, 0.25) is 6.79 Å². The zero-order chi connectivity index (χ0) is 17.1. The monoisotopic (exact) mass is 397 g/mol. The lowest BCUT2D eigenvalue weighted by Crippen LogP contribution is -2.30. The van der Waals surface area contributed by atoms with Gasteiger partial charge in [0.1, 0.15) is 0 Å². The Morgan fingerprint density at radius 2 is 1.88 bits per heavy atom. The highest BCUT2D eigenvalue weighted by Gasteiger charge is 2.40. The van der Waals surface area contributed by atoms with E-state index >= 15 is 0 Å². The second-order valence-electron chi connectivity index (χ2n) is 7.25. The molecule has 4 heteroatoms. The molecular formula is C21H20BrNO2. The van der Waals surface area contributed by atoms with E-state index < -0.39 is 0 Å². The molecule has 1 aliphatic carbocycles. The van der Waals surface area contributed by atoms with Gasteiger partial charge < -0.3 is 14.8 Å². The van der Waals surface area contributed by atoms with Crippen LogP contribution < -0.4 is 14.8 Å². The Balaban J connectivity index is 1.64. The summed E-state index contributed by atoms with van der Waals surface area (Å²) in [5.74, 6) is 2.65. The Labute approximate surface area is 156 Å². The maximum absolute atomic E-state index is 5.62. The van der Waals surface area contributed by atoms with Gasteiger partial charge in [-0.1, -0.05) is 34.1 Å². The van der Waals surface area contributed by atoms with Gasteiger partial charge in [-0.3, -0.25) is 0 Å². The molecule has 128 valence electrons. The van der Waals surface area contributed by atoms with E-state index in [9.17, 15) is 0 Å². The van der Waals surface area contributed by atoms with Crippen molar-refractivity contribution in [2.45, 2.75) is 32.2 Å². The summed E-state index contributed by atoms with van der Waals surface area (Å²) < 4.78 is 12.2. The molecule has 1 N–H and O–H groups in total. The van der Waals surface area contributed by atoms with Crippen LogP contribution in [-0.4, -0.2) is 6.79 Å². The molecule has 2 aromatic rings. The largest absolute Gasteiger partial charge is 0.454 e. The van der Waals surface area contributed by atoms with Crippen molar-refractivity contribution in [1.29, 1.82) is 0 Å². The minimum Gasteiger partial charge on any atom is -0.454 e. The summed E-state index contributed by atoms with van der Waals surface area (Å²) >= 11 is 3.76. The smallest absolute Gasteiger partial charge is 0.231 e. The third kappa shape index (κ3) is 2.30. The van der Waals surface area contributed by atoms with Crippen LogP contribution in [0.15, 0.2) is 40.9 Å². The molecule has 3 nitrogen and oxygen atoms in total. The molecule has 2 aliphatic heterocycles. The van der Waals surface area contributed by atoms with Crippen molar-refractivity contribution in [3.63, 3.8) is 0 Å². The first-order chi connectivity index (χ1) is 12.1. The van der Waals surface area contributed by atoms with E-state index in [2.05, 4.69) is 65.4 Å². The number of fused-ring (bicyclic) bond motifs is 4. The van der Waals surface area contributed by atoms with Crippen LogP contribution in [0.1, 0.15) is 40.6 Å². The highest BCUT2D eigenvalue weighted by Crippen LogP contribution is 2.53. The Hall–Kier alpha value is -1.94. The highest BCUT2D eigenvalue weighted by atomic mass is 79.9. The van der Waals surface area contributed by atoms with Crippen molar-refractivity contribution in [3.05, 3.63) is 63.1 Å². The van der Waals surface area contributed by atoms with E-state index in [0.717, 1.165) is 22.4 Å². The number of rotatable bonds is 1. The fourth-order valence-corrected chi connectivity index (χ4v) is 5.19. The Bertz CT molecular complexity index is 905. The molecule has 0 aromatic heterocycles. The predicted octanol–water partition coefficient (Wildman–Crippen LogP) is 5.62. The van der Waals surface area contributed by atoms with E-state index in [4.69, 9.17) is 9.47 Å². The number of halogens is 1. The fraction of sp³-hybridized carbons (Fsp3) is 0.333. The van der Waals surface area contributed by atoms with Gasteiger partial charge in [-0.25, -0.2) is 0 Å². The van der Waals surface area contributed by atoms with Crippen molar-refractivity contribution in [2.75, 3.05) is 12.1 Å². The number of allylic oxidation sites excluding steroid dienone is 2. The first-order valence-corrected chi connectivity index (χ1v) is 9.54. The Kier molecular flexibility index (Phi) is 3.39. The molecule has 0 unspecified atom stereocenters. The second kappa shape index (κ2) is 5.53. The SMILES string of the molecule is Cc1cc(C)c2c(c1)N[C@H](c1cc3c(cc1Br)OCO3)[C@@H]1CC=C[C@@H]21. The van der Waals surface area contributed by atoms with E-state index in [1.807, 2.05) is 6.07 Å². The minimum absolute atomic E-state index is 0.248. The third-order valence-corrected chi connectivity index (χ3v) is 6.33. The lowest BCUT2D eigenvalue weighted by atomic mass is 9.75. The average molecular weight is 398 g/mol. The number of anilines is 1. The second-order valence-corrected chi connectivity index (χ2v) is 8.10.